The van der Waals surface area contributed by atoms with Gasteiger partial charge in [0.05, 0.1) is 17.8 Å². The summed E-state index contributed by atoms with van der Waals surface area (Å²) >= 11 is 0. The van der Waals surface area contributed by atoms with Gasteiger partial charge < -0.3 is 4.74 Å². The molecule has 3 unspecified atom stereocenters. The molecule has 0 aliphatic heterocycles. The van der Waals surface area contributed by atoms with Gasteiger partial charge in [0.15, 0.2) is 0 Å². The largest absolute Gasteiger partial charge is 0.384 e. The Kier molecular flexibility index (Phi) is 5.46. The molecule has 0 radical (unpaired) electrons. The van der Waals surface area contributed by atoms with Crippen molar-refractivity contribution in [2.24, 2.45) is 46.8 Å². The highest BCUT2D eigenvalue weighted by Crippen LogP contribution is 2.65. The van der Waals surface area contributed by atoms with Crippen LogP contribution in [-0.2, 0) is 4.74 Å². The average molecular weight is 410 g/mol. The maximum absolute atomic E-state index is 9.20. The van der Waals surface area contributed by atoms with E-state index in [1.807, 2.05) is 13.3 Å². The van der Waals surface area contributed by atoms with Crippen molar-refractivity contribution in [1.29, 1.82) is 5.26 Å². The van der Waals surface area contributed by atoms with Crippen LogP contribution in [0.1, 0.15) is 83.2 Å². The van der Waals surface area contributed by atoms with E-state index in [-0.39, 0.29) is 0 Å². The summed E-state index contributed by atoms with van der Waals surface area (Å²) in [5.41, 5.74) is 1.13. The van der Waals surface area contributed by atoms with Crippen LogP contribution in [0.2, 0.25) is 0 Å². The van der Waals surface area contributed by atoms with Crippen molar-refractivity contribution in [3.63, 3.8) is 0 Å². The Bertz CT molecular complexity index is 796. The van der Waals surface area contributed by atoms with Crippen molar-refractivity contribution in [1.82, 2.24) is 9.78 Å². The lowest BCUT2D eigenvalue weighted by Gasteiger charge is -2.56. The summed E-state index contributed by atoms with van der Waals surface area (Å²) in [6, 6.07) is 2.63. The first-order chi connectivity index (χ1) is 14.5. The first kappa shape index (κ1) is 20.6. The number of methoxy groups -OCH3 is 1. The highest BCUT2D eigenvalue weighted by Gasteiger charge is 2.58. The molecule has 1 aromatic rings. The topological polar surface area (TPSA) is 50.8 Å². The fourth-order valence-electron chi connectivity index (χ4n) is 8.97. The van der Waals surface area contributed by atoms with E-state index in [0.717, 1.165) is 42.1 Å². The van der Waals surface area contributed by atoms with Crippen LogP contribution >= 0.6 is 0 Å². The van der Waals surface area contributed by atoms with Crippen molar-refractivity contribution in [3.8, 4) is 6.07 Å². The maximum Gasteiger partial charge on any atom is 0.102 e. The molecule has 0 N–H and O–H groups in total. The molecule has 4 aliphatic rings. The predicted molar refractivity (Wildman–Crippen MR) is 118 cm³/mol. The van der Waals surface area contributed by atoms with Gasteiger partial charge in [-0.05, 0) is 112 Å². The molecule has 0 saturated heterocycles. The van der Waals surface area contributed by atoms with E-state index in [9.17, 15) is 5.26 Å². The van der Waals surface area contributed by atoms with Gasteiger partial charge in [0, 0.05) is 19.9 Å². The number of hydrogen-bond acceptors (Lipinski definition) is 3. The molecular formula is C26H39N3O. The molecule has 4 heteroatoms. The molecule has 0 aromatic carbocycles. The van der Waals surface area contributed by atoms with Gasteiger partial charge in [0.1, 0.15) is 6.07 Å². The maximum atomic E-state index is 9.20. The number of ether oxygens (including phenoxy) is 1. The lowest BCUT2D eigenvalue weighted by molar-refractivity contribution is -0.0765. The second-order valence-electron chi connectivity index (χ2n) is 11.4. The second kappa shape index (κ2) is 7.97. The predicted octanol–water partition coefficient (Wildman–Crippen LogP) is 5.85. The standard InChI is InChI=1S/C26H39N3O/c1-17(29-15-19(13-27)14-28-29)24-8-9-25-23-7-5-20-12-18(16-30-3)4-6-21(20)22(23)10-11-26(24,25)2/h14-15,17-18,20-25H,4-12,16H2,1-3H3/t17-,18+,20-,21+,22?,23-,24?,25?,26-/m1/s1. The SMILES string of the molecule is COC[C@H]1CC[C@@H]2C3CC[C@@]4(C)C(CCC4[C@@H](C)n4cc(C#N)cn4)[C@@H]3CC[C@@H]2C1. The van der Waals surface area contributed by atoms with E-state index in [4.69, 9.17) is 4.74 Å². The van der Waals surface area contributed by atoms with E-state index >= 15 is 0 Å². The van der Waals surface area contributed by atoms with Gasteiger partial charge in [-0.3, -0.25) is 4.68 Å². The zero-order valence-electron chi connectivity index (χ0n) is 19.1. The van der Waals surface area contributed by atoms with Gasteiger partial charge >= 0.3 is 0 Å². The van der Waals surface area contributed by atoms with Crippen LogP contribution in [0.5, 0.6) is 0 Å². The minimum Gasteiger partial charge on any atom is -0.384 e. The molecule has 164 valence electrons. The lowest BCUT2D eigenvalue weighted by Crippen LogP contribution is -2.49. The molecule has 4 saturated carbocycles. The number of fused-ring (bicyclic) bond motifs is 5. The van der Waals surface area contributed by atoms with E-state index < -0.39 is 0 Å². The quantitative estimate of drug-likeness (QED) is 0.627. The summed E-state index contributed by atoms with van der Waals surface area (Å²) in [5, 5.41) is 13.7. The molecule has 9 atom stereocenters. The van der Waals surface area contributed by atoms with E-state index in [2.05, 4.69) is 29.7 Å². The number of nitrogens with zero attached hydrogens (tertiary/aromatic N) is 3. The highest BCUT2D eigenvalue weighted by atomic mass is 16.5. The summed E-state index contributed by atoms with van der Waals surface area (Å²) in [4.78, 5) is 0. The highest BCUT2D eigenvalue weighted by molar-refractivity contribution is 5.22. The van der Waals surface area contributed by atoms with Crippen LogP contribution in [-0.4, -0.2) is 23.5 Å². The van der Waals surface area contributed by atoms with Gasteiger partial charge in [-0.2, -0.15) is 10.4 Å². The molecule has 30 heavy (non-hydrogen) atoms. The molecule has 1 aromatic heterocycles. The third-order valence-corrected chi connectivity index (χ3v) is 10.3. The van der Waals surface area contributed by atoms with E-state index in [0.29, 0.717) is 22.9 Å². The number of aromatic nitrogens is 2. The first-order valence-corrected chi connectivity index (χ1v) is 12.5. The van der Waals surface area contributed by atoms with Gasteiger partial charge in [0.2, 0.25) is 0 Å². The summed E-state index contributed by atoms with van der Waals surface area (Å²) in [5.74, 6) is 6.28. The monoisotopic (exact) mass is 409 g/mol. The van der Waals surface area contributed by atoms with Crippen molar-refractivity contribution in [2.45, 2.75) is 77.7 Å². The molecule has 0 spiro atoms. The average Bonchev–Trinajstić information content (AvgIpc) is 3.37. The smallest absolute Gasteiger partial charge is 0.102 e. The first-order valence-electron chi connectivity index (χ1n) is 12.5. The van der Waals surface area contributed by atoms with Crippen LogP contribution in [0.3, 0.4) is 0 Å². The summed E-state index contributed by atoms with van der Waals surface area (Å²) in [6.45, 7) is 5.92. The Morgan fingerprint density at radius 1 is 1.17 bits per heavy atom. The molecule has 4 fully saturated rings. The Labute approximate surface area is 182 Å². The molecule has 4 nitrogen and oxygen atoms in total. The van der Waals surface area contributed by atoms with Gasteiger partial charge in [-0.1, -0.05) is 6.92 Å². The second-order valence-corrected chi connectivity index (χ2v) is 11.4. The van der Waals surface area contributed by atoms with Gasteiger partial charge in [0.25, 0.3) is 0 Å². The molecular weight excluding hydrogens is 370 g/mol. The van der Waals surface area contributed by atoms with Crippen LogP contribution in [0, 0.1) is 58.2 Å². The van der Waals surface area contributed by atoms with Crippen molar-refractivity contribution in [3.05, 3.63) is 18.0 Å². The van der Waals surface area contributed by atoms with Gasteiger partial charge in [-0.15, -0.1) is 0 Å². The summed E-state index contributed by atoms with van der Waals surface area (Å²) < 4.78 is 7.57. The van der Waals surface area contributed by atoms with Crippen LogP contribution in [0.15, 0.2) is 12.4 Å². The Morgan fingerprint density at radius 2 is 2.00 bits per heavy atom. The molecule has 0 amide bonds. The van der Waals surface area contributed by atoms with Crippen molar-refractivity contribution >= 4 is 0 Å². The lowest BCUT2D eigenvalue weighted by atomic mass is 9.49. The number of rotatable bonds is 4. The van der Waals surface area contributed by atoms with Crippen LogP contribution in [0.25, 0.3) is 0 Å². The summed E-state index contributed by atoms with van der Waals surface area (Å²) in [7, 11) is 1.87. The third kappa shape index (κ3) is 3.24. The van der Waals surface area contributed by atoms with Crippen molar-refractivity contribution < 1.29 is 4.74 Å². The number of hydrogen-bond donors (Lipinski definition) is 0. The van der Waals surface area contributed by atoms with Crippen LogP contribution < -0.4 is 0 Å². The fourth-order valence-corrected chi connectivity index (χ4v) is 8.97. The fraction of sp³-hybridized carbons (Fsp3) is 0.846. The van der Waals surface area contributed by atoms with Crippen molar-refractivity contribution in [2.75, 3.05) is 13.7 Å². The minimum atomic E-state index is 0.388. The molecule has 1 heterocycles. The van der Waals surface area contributed by atoms with E-state index in [1.165, 1.54) is 57.8 Å². The molecule has 5 rings (SSSR count). The molecule has 0 bridgehead atoms. The molecule has 4 aliphatic carbocycles. The Morgan fingerprint density at radius 3 is 2.77 bits per heavy atom. The zero-order chi connectivity index (χ0) is 20.9. The minimum absolute atomic E-state index is 0.388. The Hall–Kier alpha value is -1.34. The Balaban J connectivity index is 1.31. The van der Waals surface area contributed by atoms with E-state index in [1.54, 1.807) is 6.20 Å². The van der Waals surface area contributed by atoms with Crippen LogP contribution in [0.4, 0.5) is 0 Å². The van der Waals surface area contributed by atoms with Gasteiger partial charge in [-0.25, -0.2) is 0 Å². The third-order valence-electron chi connectivity index (χ3n) is 10.3. The summed E-state index contributed by atoms with van der Waals surface area (Å²) in [6.07, 6.45) is 16.4. The zero-order valence-corrected chi connectivity index (χ0v) is 19.1. The number of nitriles is 1. The normalized spacial score (nSPS) is 43.9.